The quantitative estimate of drug-likeness (QED) is 0.882. The van der Waals surface area contributed by atoms with Crippen molar-refractivity contribution < 1.29 is 9.15 Å². The van der Waals surface area contributed by atoms with Crippen molar-refractivity contribution in [3.63, 3.8) is 0 Å². The van der Waals surface area contributed by atoms with Crippen LogP contribution in [-0.2, 0) is 19.7 Å². The molecule has 0 fully saturated rings. The summed E-state index contributed by atoms with van der Waals surface area (Å²) in [5, 5.41) is 7.58. The molecule has 0 radical (unpaired) electrons. The minimum atomic E-state index is 0.0999. The predicted octanol–water partition coefficient (Wildman–Crippen LogP) is 2.96. The molecular weight excluding hydrogens is 254 g/mol. The third-order valence-corrected chi connectivity index (χ3v) is 2.85. The van der Waals surface area contributed by atoms with Gasteiger partial charge in [0, 0.05) is 24.2 Å². The maximum atomic E-state index is 5.64. The fourth-order valence-corrected chi connectivity index (χ4v) is 1.71. The third kappa shape index (κ3) is 4.42. The summed E-state index contributed by atoms with van der Waals surface area (Å²) in [6.45, 7) is 10.5. The van der Waals surface area contributed by atoms with Crippen LogP contribution in [0.4, 0.5) is 0 Å². The second kappa shape index (κ2) is 6.13. The van der Waals surface area contributed by atoms with E-state index in [-0.39, 0.29) is 5.54 Å². The lowest BCUT2D eigenvalue weighted by Gasteiger charge is -2.19. The summed E-state index contributed by atoms with van der Waals surface area (Å²) in [4.78, 5) is 0. The van der Waals surface area contributed by atoms with Crippen LogP contribution in [-0.4, -0.2) is 15.3 Å². The van der Waals surface area contributed by atoms with Crippen molar-refractivity contribution in [3.05, 3.63) is 36.0 Å². The molecule has 0 atom stereocenters. The van der Waals surface area contributed by atoms with Gasteiger partial charge in [-0.3, -0.25) is 4.68 Å². The summed E-state index contributed by atoms with van der Waals surface area (Å²) < 4.78 is 13.0. The average molecular weight is 277 g/mol. The Morgan fingerprint density at radius 1 is 1.40 bits per heavy atom. The van der Waals surface area contributed by atoms with Crippen molar-refractivity contribution in [2.75, 3.05) is 0 Å². The van der Waals surface area contributed by atoms with Crippen molar-refractivity contribution in [1.29, 1.82) is 0 Å². The lowest BCUT2D eigenvalue weighted by molar-refractivity contribution is 0.270. The molecule has 20 heavy (non-hydrogen) atoms. The van der Waals surface area contributed by atoms with E-state index in [4.69, 9.17) is 9.15 Å². The van der Waals surface area contributed by atoms with E-state index < -0.39 is 0 Å². The van der Waals surface area contributed by atoms with E-state index in [0.717, 1.165) is 30.2 Å². The number of hydrogen-bond acceptors (Lipinski definition) is 4. The number of ether oxygens (including phenoxy) is 1. The number of nitrogens with one attached hydrogen (secondary N) is 1. The Morgan fingerprint density at radius 2 is 2.20 bits per heavy atom. The van der Waals surface area contributed by atoms with Crippen molar-refractivity contribution in [1.82, 2.24) is 15.1 Å². The van der Waals surface area contributed by atoms with Gasteiger partial charge in [-0.1, -0.05) is 0 Å². The maximum Gasteiger partial charge on any atom is 0.157 e. The molecule has 0 aliphatic heterocycles. The Hall–Kier alpha value is -1.75. The molecule has 0 saturated carbocycles. The second-order valence-corrected chi connectivity index (χ2v) is 5.85. The Balaban J connectivity index is 1.83. The van der Waals surface area contributed by atoms with Gasteiger partial charge in [-0.05, 0) is 33.8 Å². The molecule has 2 aromatic rings. The summed E-state index contributed by atoms with van der Waals surface area (Å²) in [7, 11) is 0. The summed E-state index contributed by atoms with van der Waals surface area (Å²) in [5.74, 6) is 1.58. The van der Waals surface area contributed by atoms with Crippen molar-refractivity contribution >= 4 is 0 Å². The number of furan rings is 1. The zero-order valence-electron chi connectivity index (χ0n) is 12.6. The van der Waals surface area contributed by atoms with E-state index in [1.165, 1.54) is 0 Å². The average Bonchev–Trinajstić information content (AvgIpc) is 3.02. The lowest BCUT2D eigenvalue weighted by Crippen LogP contribution is -2.34. The van der Waals surface area contributed by atoms with E-state index in [2.05, 4.69) is 31.2 Å². The SMILES string of the molecule is CCn1cc(OCc2cc(CNC(C)(C)C)co2)cn1. The van der Waals surface area contributed by atoms with E-state index in [0.29, 0.717) is 6.61 Å². The third-order valence-electron chi connectivity index (χ3n) is 2.85. The van der Waals surface area contributed by atoms with E-state index in [1.54, 1.807) is 12.5 Å². The monoisotopic (exact) mass is 277 g/mol. The minimum absolute atomic E-state index is 0.0999. The van der Waals surface area contributed by atoms with Crippen LogP contribution in [0.2, 0.25) is 0 Å². The van der Waals surface area contributed by atoms with Gasteiger partial charge >= 0.3 is 0 Å². The molecule has 0 saturated heterocycles. The van der Waals surface area contributed by atoms with Crippen LogP contribution in [0, 0.1) is 0 Å². The fourth-order valence-electron chi connectivity index (χ4n) is 1.71. The summed E-state index contributed by atoms with van der Waals surface area (Å²) in [6, 6.07) is 2.02. The molecule has 0 aliphatic rings. The smallest absolute Gasteiger partial charge is 0.157 e. The van der Waals surface area contributed by atoms with Crippen molar-refractivity contribution in [2.45, 2.75) is 52.9 Å². The lowest BCUT2D eigenvalue weighted by atomic mass is 10.1. The molecule has 0 bridgehead atoms. The Bertz CT molecular complexity index is 537. The molecule has 0 aromatic carbocycles. The van der Waals surface area contributed by atoms with Gasteiger partial charge in [-0.15, -0.1) is 0 Å². The normalized spacial score (nSPS) is 11.8. The number of rotatable bonds is 6. The highest BCUT2D eigenvalue weighted by Crippen LogP contribution is 2.14. The molecule has 1 N–H and O–H groups in total. The Kier molecular flexibility index (Phi) is 4.49. The van der Waals surface area contributed by atoms with E-state index >= 15 is 0 Å². The number of aromatic nitrogens is 2. The fraction of sp³-hybridized carbons (Fsp3) is 0.533. The molecule has 5 nitrogen and oxygen atoms in total. The van der Waals surface area contributed by atoms with Crippen LogP contribution >= 0.6 is 0 Å². The first kappa shape index (κ1) is 14.7. The maximum absolute atomic E-state index is 5.64. The molecular formula is C15H23N3O2. The molecule has 5 heteroatoms. The minimum Gasteiger partial charge on any atom is -0.482 e. The van der Waals surface area contributed by atoms with Crippen LogP contribution in [0.5, 0.6) is 5.75 Å². The molecule has 0 aliphatic carbocycles. The van der Waals surface area contributed by atoms with Crippen molar-refractivity contribution in [2.24, 2.45) is 0 Å². The van der Waals surface area contributed by atoms with E-state index in [9.17, 15) is 0 Å². The largest absolute Gasteiger partial charge is 0.482 e. The van der Waals surface area contributed by atoms with Gasteiger partial charge in [0.2, 0.25) is 0 Å². The highest BCUT2D eigenvalue weighted by Gasteiger charge is 2.10. The van der Waals surface area contributed by atoms with Crippen LogP contribution in [0.1, 0.15) is 39.0 Å². The Labute approximate surface area is 119 Å². The van der Waals surface area contributed by atoms with Crippen LogP contribution in [0.25, 0.3) is 0 Å². The van der Waals surface area contributed by atoms with Gasteiger partial charge in [-0.25, -0.2) is 0 Å². The van der Waals surface area contributed by atoms with Gasteiger partial charge in [0.05, 0.1) is 18.7 Å². The molecule has 2 aromatic heterocycles. The second-order valence-electron chi connectivity index (χ2n) is 5.85. The summed E-state index contributed by atoms with van der Waals surface area (Å²) in [5.41, 5.74) is 1.23. The highest BCUT2D eigenvalue weighted by atomic mass is 16.5. The van der Waals surface area contributed by atoms with Gasteiger partial charge in [0.15, 0.2) is 5.75 Å². The molecule has 0 spiro atoms. The van der Waals surface area contributed by atoms with Crippen LogP contribution < -0.4 is 10.1 Å². The molecule has 0 amide bonds. The molecule has 0 unspecified atom stereocenters. The zero-order chi connectivity index (χ0) is 14.6. The standard InChI is InChI=1S/C15H23N3O2/c1-5-18-9-14(8-17-18)20-11-13-6-12(10-19-13)7-16-15(2,3)4/h6,8-10,16H,5,7,11H2,1-4H3. The number of hydrogen-bond donors (Lipinski definition) is 1. The van der Waals surface area contributed by atoms with Gasteiger partial charge in [-0.2, -0.15) is 5.10 Å². The highest BCUT2D eigenvalue weighted by molar-refractivity contribution is 5.15. The van der Waals surface area contributed by atoms with Gasteiger partial charge in [0.1, 0.15) is 12.4 Å². The zero-order valence-corrected chi connectivity index (χ0v) is 12.6. The summed E-state index contributed by atoms with van der Waals surface area (Å²) >= 11 is 0. The van der Waals surface area contributed by atoms with Gasteiger partial charge in [0.25, 0.3) is 0 Å². The number of aryl methyl sites for hydroxylation is 1. The van der Waals surface area contributed by atoms with Crippen LogP contribution in [0.3, 0.4) is 0 Å². The van der Waals surface area contributed by atoms with Crippen molar-refractivity contribution in [3.8, 4) is 5.75 Å². The topological polar surface area (TPSA) is 52.2 Å². The first-order valence-electron chi connectivity index (χ1n) is 6.93. The first-order valence-corrected chi connectivity index (χ1v) is 6.93. The molecule has 110 valence electrons. The molecule has 2 rings (SSSR count). The van der Waals surface area contributed by atoms with Crippen LogP contribution in [0.15, 0.2) is 29.1 Å². The molecule has 2 heterocycles. The predicted molar refractivity (Wildman–Crippen MR) is 77.5 cm³/mol. The number of nitrogens with zero attached hydrogens (tertiary/aromatic N) is 2. The first-order chi connectivity index (χ1) is 9.46. The Morgan fingerprint density at radius 3 is 2.85 bits per heavy atom. The summed E-state index contributed by atoms with van der Waals surface area (Å²) in [6.07, 6.45) is 5.37. The van der Waals surface area contributed by atoms with Gasteiger partial charge < -0.3 is 14.5 Å². The van der Waals surface area contributed by atoms with E-state index in [1.807, 2.05) is 23.9 Å².